The third-order valence-corrected chi connectivity index (χ3v) is 7.35. The molecule has 4 rings (SSSR count). The van der Waals surface area contributed by atoms with Crippen molar-refractivity contribution in [2.24, 2.45) is 7.05 Å². The van der Waals surface area contributed by atoms with Crippen LogP contribution in [0, 0.1) is 0 Å². The molecular weight excluding hydrogens is 480 g/mol. The van der Waals surface area contributed by atoms with E-state index < -0.39 is 21.7 Å². The Kier molecular flexibility index (Phi) is 6.07. The maximum Gasteiger partial charge on any atom is 0.335 e. The van der Waals surface area contributed by atoms with Gasteiger partial charge in [0.15, 0.2) is 0 Å². The molecule has 3 aromatic carbocycles. The number of fused-ring (bicyclic) bond motifs is 1. The molecule has 2 N–H and O–H groups in total. The van der Waals surface area contributed by atoms with E-state index in [1.807, 2.05) is 0 Å². The van der Waals surface area contributed by atoms with Crippen molar-refractivity contribution in [3.63, 3.8) is 0 Å². The van der Waals surface area contributed by atoms with Gasteiger partial charge in [-0.2, -0.15) is 0 Å². The lowest BCUT2D eigenvalue weighted by Crippen LogP contribution is -2.12. The van der Waals surface area contributed by atoms with Crippen LogP contribution in [0.1, 0.15) is 20.7 Å². The fraction of sp³-hybridized carbons (Fsp3) is 0.0833. The molecule has 0 bridgehead atoms. The first kappa shape index (κ1) is 23.3. The van der Waals surface area contributed by atoms with Gasteiger partial charge < -0.3 is 19.7 Å². The summed E-state index contributed by atoms with van der Waals surface area (Å²) in [6, 6.07) is 14.8. The lowest BCUT2D eigenvalue weighted by Gasteiger charge is -2.10. The summed E-state index contributed by atoms with van der Waals surface area (Å²) >= 11 is 6.05. The number of aryl methyl sites for hydroxylation is 1. The van der Waals surface area contributed by atoms with Crippen LogP contribution in [0.3, 0.4) is 0 Å². The number of hydrogen-bond donors (Lipinski definition) is 2. The number of carboxylic acid groups (broad SMARTS) is 1. The molecule has 0 spiro atoms. The number of ether oxygens (including phenoxy) is 1. The minimum Gasteiger partial charge on any atom is -0.495 e. The third-order valence-electron chi connectivity index (χ3n) is 5.31. The highest BCUT2D eigenvalue weighted by Gasteiger charge is 2.27. The largest absolute Gasteiger partial charge is 0.495 e. The zero-order valence-corrected chi connectivity index (χ0v) is 19.6. The van der Waals surface area contributed by atoms with Gasteiger partial charge in [0.1, 0.15) is 10.6 Å². The summed E-state index contributed by atoms with van der Waals surface area (Å²) in [5.41, 5.74) is 1.34. The van der Waals surface area contributed by atoms with Gasteiger partial charge in [-0.25, -0.2) is 13.2 Å². The molecule has 1 heterocycles. The van der Waals surface area contributed by atoms with Crippen molar-refractivity contribution < 1.29 is 27.9 Å². The van der Waals surface area contributed by atoms with Crippen molar-refractivity contribution >= 4 is 49.9 Å². The van der Waals surface area contributed by atoms with Crippen molar-refractivity contribution in [3.05, 3.63) is 83.0 Å². The molecule has 34 heavy (non-hydrogen) atoms. The standard InChI is InChI=1S/C24H19ClN2O6S/c1-27-13-22(34(31,32)21-12-16(25)6-10-20(21)33-2)18-11-15(5-9-19(18)27)23(28)26-17-7-3-14(4-8-17)24(29)30/h3-13H,1-2H3,(H,26,28)(H,29,30). The van der Waals surface area contributed by atoms with Gasteiger partial charge in [-0.15, -0.1) is 0 Å². The van der Waals surface area contributed by atoms with Crippen LogP contribution >= 0.6 is 11.6 Å². The van der Waals surface area contributed by atoms with Crippen LogP contribution in [0.4, 0.5) is 5.69 Å². The Morgan fingerprint density at radius 2 is 1.65 bits per heavy atom. The Morgan fingerprint density at radius 1 is 0.971 bits per heavy atom. The second-order valence-electron chi connectivity index (χ2n) is 7.47. The van der Waals surface area contributed by atoms with Crippen molar-refractivity contribution in [3.8, 4) is 5.75 Å². The Balaban J connectivity index is 1.75. The Morgan fingerprint density at radius 3 is 2.29 bits per heavy atom. The van der Waals surface area contributed by atoms with Crippen LogP contribution in [-0.2, 0) is 16.9 Å². The number of rotatable bonds is 6. The summed E-state index contributed by atoms with van der Waals surface area (Å²) in [5.74, 6) is -1.39. The molecule has 1 aromatic heterocycles. The molecule has 0 saturated carbocycles. The summed E-state index contributed by atoms with van der Waals surface area (Å²) < 4.78 is 34.0. The molecule has 0 aliphatic rings. The van der Waals surface area contributed by atoms with E-state index in [1.54, 1.807) is 23.7 Å². The molecule has 1 amide bonds. The van der Waals surface area contributed by atoms with Gasteiger partial charge in [0.2, 0.25) is 9.84 Å². The summed E-state index contributed by atoms with van der Waals surface area (Å²) in [6.07, 6.45) is 1.48. The van der Waals surface area contributed by atoms with Crippen LogP contribution < -0.4 is 10.1 Å². The summed E-state index contributed by atoms with van der Waals surface area (Å²) in [7, 11) is -0.961. The molecule has 10 heteroatoms. The topological polar surface area (TPSA) is 115 Å². The Labute approximate surface area is 200 Å². The van der Waals surface area contributed by atoms with Gasteiger partial charge in [0.05, 0.1) is 17.6 Å². The first-order valence-electron chi connectivity index (χ1n) is 9.94. The molecule has 0 fully saturated rings. The van der Waals surface area contributed by atoms with E-state index in [9.17, 15) is 18.0 Å². The zero-order valence-electron chi connectivity index (χ0n) is 18.1. The number of aromatic carboxylic acids is 1. The number of carbonyl (C=O) groups excluding carboxylic acids is 1. The van der Waals surface area contributed by atoms with Gasteiger partial charge >= 0.3 is 5.97 Å². The normalized spacial score (nSPS) is 11.4. The van der Waals surface area contributed by atoms with Crippen LogP contribution in [0.2, 0.25) is 5.02 Å². The summed E-state index contributed by atoms with van der Waals surface area (Å²) in [6.45, 7) is 0. The third kappa shape index (κ3) is 4.23. The highest BCUT2D eigenvalue weighted by atomic mass is 35.5. The number of anilines is 1. The van der Waals surface area contributed by atoms with E-state index in [0.717, 1.165) is 0 Å². The number of aromatic nitrogens is 1. The number of methoxy groups -OCH3 is 1. The molecular formula is C24H19ClN2O6S. The van der Waals surface area contributed by atoms with Gasteiger partial charge in [-0.3, -0.25) is 4.79 Å². The van der Waals surface area contributed by atoms with E-state index in [-0.39, 0.29) is 31.7 Å². The average molecular weight is 499 g/mol. The van der Waals surface area contributed by atoms with Crippen LogP contribution in [0.5, 0.6) is 5.75 Å². The number of nitrogens with zero attached hydrogens (tertiary/aromatic N) is 1. The van der Waals surface area contributed by atoms with Crippen molar-refractivity contribution in [2.45, 2.75) is 9.79 Å². The van der Waals surface area contributed by atoms with Crippen LogP contribution in [0.25, 0.3) is 10.9 Å². The average Bonchev–Trinajstić information content (AvgIpc) is 3.16. The van der Waals surface area contributed by atoms with Crippen LogP contribution in [-0.4, -0.2) is 37.1 Å². The number of nitrogens with one attached hydrogen (secondary N) is 1. The molecule has 0 aliphatic carbocycles. The SMILES string of the molecule is COc1ccc(Cl)cc1S(=O)(=O)c1cn(C)c2ccc(C(=O)Nc3ccc(C(=O)O)cc3)cc12. The lowest BCUT2D eigenvalue weighted by atomic mass is 10.1. The van der Waals surface area contributed by atoms with Crippen molar-refractivity contribution in [1.29, 1.82) is 0 Å². The highest BCUT2D eigenvalue weighted by Crippen LogP contribution is 2.36. The number of halogens is 1. The quantitative estimate of drug-likeness (QED) is 0.400. The molecule has 0 aliphatic heterocycles. The first-order chi connectivity index (χ1) is 16.1. The minimum absolute atomic E-state index is 0.00558. The van der Waals surface area contributed by atoms with Gasteiger partial charge in [-0.05, 0) is 60.7 Å². The first-order valence-corrected chi connectivity index (χ1v) is 11.8. The minimum atomic E-state index is -4.04. The molecule has 0 unspecified atom stereocenters. The van der Waals surface area contributed by atoms with E-state index in [2.05, 4.69) is 5.32 Å². The van der Waals surface area contributed by atoms with E-state index in [1.165, 1.54) is 61.8 Å². The molecule has 0 atom stereocenters. The Hall–Kier alpha value is -3.82. The monoisotopic (exact) mass is 498 g/mol. The smallest absolute Gasteiger partial charge is 0.335 e. The second kappa shape index (κ2) is 8.85. The van der Waals surface area contributed by atoms with Gasteiger partial charge in [-0.1, -0.05) is 11.6 Å². The Bertz CT molecular complexity index is 1540. The molecule has 174 valence electrons. The predicted molar refractivity (Wildman–Crippen MR) is 128 cm³/mol. The van der Waals surface area contributed by atoms with Crippen molar-refractivity contribution in [2.75, 3.05) is 12.4 Å². The fourth-order valence-corrected chi connectivity index (χ4v) is 5.51. The number of carbonyl (C=O) groups is 2. The molecule has 8 nitrogen and oxygen atoms in total. The maximum atomic E-state index is 13.6. The molecule has 0 saturated heterocycles. The zero-order chi connectivity index (χ0) is 24.6. The van der Waals surface area contributed by atoms with Crippen LogP contribution in [0.15, 0.2) is 76.7 Å². The van der Waals surface area contributed by atoms with E-state index in [4.69, 9.17) is 21.4 Å². The summed E-state index contributed by atoms with van der Waals surface area (Å²) in [5, 5.41) is 12.3. The van der Waals surface area contributed by atoms with Crippen molar-refractivity contribution in [1.82, 2.24) is 4.57 Å². The van der Waals surface area contributed by atoms with Gasteiger partial charge in [0, 0.05) is 40.4 Å². The maximum absolute atomic E-state index is 13.6. The number of amides is 1. The number of hydrogen-bond acceptors (Lipinski definition) is 5. The lowest BCUT2D eigenvalue weighted by molar-refractivity contribution is 0.0696. The molecule has 4 aromatic rings. The fourth-order valence-electron chi connectivity index (χ4n) is 3.59. The predicted octanol–water partition coefficient (Wildman–Crippen LogP) is 4.62. The summed E-state index contributed by atoms with van der Waals surface area (Å²) in [4.78, 5) is 23.8. The van der Waals surface area contributed by atoms with E-state index in [0.29, 0.717) is 16.6 Å². The molecule has 0 radical (unpaired) electrons. The van der Waals surface area contributed by atoms with Gasteiger partial charge in [0.25, 0.3) is 5.91 Å². The highest BCUT2D eigenvalue weighted by molar-refractivity contribution is 7.91. The number of benzene rings is 3. The number of sulfone groups is 1. The number of carboxylic acids is 1. The second-order valence-corrected chi connectivity index (χ2v) is 9.79. The van der Waals surface area contributed by atoms with E-state index >= 15 is 0 Å².